The molecule has 0 fully saturated rings. The Morgan fingerprint density at radius 1 is 1.21 bits per heavy atom. The molecule has 1 aromatic rings. The smallest absolute Gasteiger partial charge is 0.328 e. The zero-order valence-corrected chi connectivity index (χ0v) is 18.2. The van der Waals surface area contributed by atoms with Crippen LogP contribution in [0.15, 0.2) is 47.1 Å². The molecule has 2 rings (SSSR count). The molecule has 1 aromatic carbocycles. The lowest BCUT2D eigenvalue weighted by Gasteiger charge is -2.48. The van der Waals surface area contributed by atoms with Crippen LogP contribution in [0.25, 0.3) is 0 Å². The Hall–Kier alpha value is -2.64. The maximum atomic E-state index is 12.8. The third kappa shape index (κ3) is 5.05. The first-order valence-corrected chi connectivity index (χ1v) is 9.89. The highest BCUT2D eigenvalue weighted by atomic mass is 16.5. The zero-order valence-electron chi connectivity index (χ0n) is 18.2. The Morgan fingerprint density at radius 2 is 1.83 bits per heavy atom. The first kappa shape index (κ1) is 22.6. The summed E-state index contributed by atoms with van der Waals surface area (Å²) < 4.78 is 6.21. The molecule has 154 valence electrons. The van der Waals surface area contributed by atoms with Gasteiger partial charge in [-0.05, 0) is 56.0 Å². The average Bonchev–Trinajstić information content (AvgIpc) is 2.64. The van der Waals surface area contributed by atoms with E-state index in [9.17, 15) is 9.59 Å². The van der Waals surface area contributed by atoms with Crippen LogP contribution in [0.2, 0.25) is 0 Å². The number of carboxylic acid groups (broad SMARTS) is 1. The van der Waals surface area contributed by atoms with Crippen molar-refractivity contribution in [1.29, 1.82) is 0 Å². The Morgan fingerprint density at radius 3 is 2.38 bits per heavy atom. The topological polar surface area (TPSA) is 63.6 Å². The van der Waals surface area contributed by atoms with E-state index in [1.165, 1.54) is 5.56 Å². The van der Waals surface area contributed by atoms with Crippen molar-refractivity contribution >= 4 is 11.8 Å². The number of rotatable bonds is 5. The van der Waals surface area contributed by atoms with E-state index in [4.69, 9.17) is 9.84 Å². The molecule has 1 aliphatic carbocycles. The number of hydrogen-bond donors (Lipinski definition) is 1. The van der Waals surface area contributed by atoms with Crippen molar-refractivity contribution in [2.75, 3.05) is 6.61 Å². The van der Waals surface area contributed by atoms with E-state index in [1.54, 1.807) is 6.92 Å². The molecule has 0 aromatic heterocycles. The van der Waals surface area contributed by atoms with Crippen LogP contribution in [0.4, 0.5) is 0 Å². The number of allylic oxidation sites excluding steroid dienone is 1. The molecule has 4 heteroatoms. The van der Waals surface area contributed by atoms with Crippen molar-refractivity contribution in [1.82, 2.24) is 0 Å². The Kier molecular flexibility index (Phi) is 6.87. The van der Waals surface area contributed by atoms with E-state index in [0.29, 0.717) is 17.6 Å². The molecule has 0 heterocycles. The van der Waals surface area contributed by atoms with E-state index < -0.39 is 17.0 Å². The molecule has 0 aliphatic heterocycles. The van der Waals surface area contributed by atoms with Gasteiger partial charge in [0.15, 0.2) is 5.78 Å². The molecular weight excluding hydrogens is 364 g/mol. The predicted molar refractivity (Wildman–Crippen MR) is 115 cm³/mol. The van der Waals surface area contributed by atoms with Gasteiger partial charge in [-0.2, -0.15) is 0 Å². The third-order valence-corrected chi connectivity index (χ3v) is 5.92. The Labute approximate surface area is 173 Å². The van der Waals surface area contributed by atoms with E-state index in [0.717, 1.165) is 23.6 Å². The number of ketones is 1. The van der Waals surface area contributed by atoms with Gasteiger partial charge in [-0.15, -0.1) is 0 Å². The van der Waals surface area contributed by atoms with Crippen LogP contribution in [0.1, 0.15) is 59.1 Å². The lowest BCUT2D eigenvalue weighted by atomic mass is 9.63. The number of Topliss-reactive ketones (excluding diaryl/α,β-unsaturated/α-hetero) is 1. The standard InChI is InChI=1S/C25H30O4/c1-7-19-8-10-20(11-9-19)12-13-21-18(3)25(6,24(4,5)15-22(21)26)29-16-17(2)14-23(27)28/h8-11,14H,7,15-16H2,1-6H3,(H,27,28)/b17-14-/t25-/m1/s1. The fourth-order valence-corrected chi connectivity index (χ4v) is 3.55. The predicted octanol–water partition coefficient (Wildman–Crippen LogP) is 4.72. The highest BCUT2D eigenvalue weighted by Gasteiger charge is 2.49. The molecule has 0 saturated heterocycles. The lowest BCUT2D eigenvalue weighted by Crippen LogP contribution is -2.50. The van der Waals surface area contributed by atoms with Crippen LogP contribution in [-0.4, -0.2) is 29.1 Å². The van der Waals surface area contributed by atoms with Crippen molar-refractivity contribution < 1.29 is 19.4 Å². The summed E-state index contributed by atoms with van der Waals surface area (Å²) in [6.45, 7) is 11.8. The number of benzene rings is 1. The maximum absolute atomic E-state index is 12.8. The second-order valence-electron chi connectivity index (χ2n) is 8.44. The van der Waals surface area contributed by atoms with Gasteiger partial charge in [-0.25, -0.2) is 4.79 Å². The number of ether oxygens (including phenoxy) is 1. The monoisotopic (exact) mass is 394 g/mol. The molecule has 29 heavy (non-hydrogen) atoms. The molecular formula is C25H30O4. The molecule has 4 nitrogen and oxygen atoms in total. The van der Waals surface area contributed by atoms with Crippen LogP contribution >= 0.6 is 0 Å². The van der Waals surface area contributed by atoms with Crippen LogP contribution < -0.4 is 0 Å². The zero-order chi connectivity index (χ0) is 21.8. The second kappa shape index (κ2) is 8.80. The summed E-state index contributed by atoms with van der Waals surface area (Å²) in [6.07, 6.45) is 2.43. The normalized spacial score (nSPS) is 21.6. The maximum Gasteiger partial charge on any atom is 0.328 e. The third-order valence-electron chi connectivity index (χ3n) is 5.92. The number of aliphatic carboxylic acids is 1. The average molecular weight is 395 g/mol. The summed E-state index contributed by atoms with van der Waals surface area (Å²) in [5, 5.41) is 8.92. The number of carbonyl (C=O) groups excluding carboxylic acids is 1. The molecule has 0 bridgehead atoms. The van der Waals surface area contributed by atoms with Gasteiger partial charge in [0.1, 0.15) is 0 Å². The van der Waals surface area contributed by atoms with Gasteiger partial charge in [-0.3, -0.25) is 4.79 Å². The first-order chi connectivity index (χ1) is 13.5. The SMILES string of the molecule is CCc1ccc(C#CC2=C(C)[C@@](C)(OC/C(C)=C\C(=O)O)C(C)(C)CC2=O)cc1. The minimum atomic E-state index is -0.998. The van der Waals surface area contributed by atoms with Crippen molar-refractivity contribution in [3.8, 4) is 11.8 Å². The van der Waals surface area contributed by atoms with E-state index >= 15 is 0 Å². The van der Waals surface area contributed by atoms with Crippen molar-refractivity contribution in [2.45, 2.75) is 60.0 Å². The minimum absolute atomic E-state index is 0.0176. The van der Waals surface area contributed by atoms with Crippen molar-refractivity contribution in [2.24, 2.45) is 5.41 Å². The van der Waals surface area contributed by atoms with Gasteiger partial charge in [0.05, 0.1) is 17.8 Å². The molecule has 0 spiro atoms. The van der Waals surface area contributed by atoms with Gasteiger partial charge in [0.25, 0.3) is 0 Å². The second-order valence-corrected chi connectivity index (χ2v) is 8.44. The lowest BCUT2D eigenvalue weighted by molar-refractivity contribution is -0.131. The van der Waals surface area contributed by atoms with Gasteiger partial charge in [0, 0.05) is 23.5 Å². The molecule has 0 radical (unpaired) electrons. The summed E-state index contributed by atoms with van der Waals surface area (Å²) in [5.41, 5.74) is 2.83. The van der Waals surface area contributed by atoms with E-state index in [2.05, 4.69) is 18.8 Å². The Balaban J connectivity index is 2.40. The fourth-order valence-electron chi connectivity index (χ4n) is 3.55. The molecule has 0 saturated carbocycles. The number of carbonyl (C=O) groups is 2. The summed E-state index contributed by atoms with van der Waals surface area (Å²) >= 11 is 0. The summed E-state index contributed by atoms with van der Waals surface area (Å²) in [5.74, 6) is 5.21. The van der Waals surface area contributed by atoms with Gasteiger partial charge in [0.2, 0.25) is 0 Å². The highest BCUT2D eigenvalue weighted by Crippen LogP contribution is 2.47. The molecule has 0 amide bonds. The summed E-state index contributed by atoms with van der Waals surface area (Å²) in [7, 11) is 0. The van der Waals surface area contributed by atoms with Crippen LogP contribution in [0.5, 0.6) is 0 Å². The first-order valence-electron chi connectivity index (χ1n) is 9.89. The molecule has 1 aliphatic rings. The van der Waals surface area contributed by atoms with Gasteiger partial charge < -0.3 is 9.84 Å². The van der Waals surface area contributed by atoms with Crippen LogP contribution in [0, 0.1) is 17.3 Å². The number of aryl methyl sites for hydroxylation is 1. The van der Waals surface area contributed by atoms with E-state index in [1.807, 2.05) is 52.0 Å². The largest absolute Gasteiger partial charge is 0.478 e. The molecule has 0 unspecified atom stereocenters. The highest BCUT2D eigenvalue weighted by molar-refractivity contribution is 6.02. The molecule has 1 atom stereocenters. The number of hydrogen-bond acceptors (Lipinski definition) is 3. The van der Waals surface area contributed by atoms with Gasteiger partial charge in [-0.1, -0.05) is 44.7 Å². The quantitative estimate of drug-likeness (QED) is 0.580. The fraction of sp³-hybridized carbons (Fsp3) is 0.440. The summed E-state index contributed by atoms with van der Waals surface area (Å²) in [4.78, 5) is 23.7. The van der Waals surface area contributed by atoms with Crippen molar-refractivity contribution in [3.63, 3.8) is 0 Å². The minimum Gasteiger partial charge on any atom is -0.478 e. The van der Waals surface area contributed by atoms with Gasteiger partial charge >= 0.3 is 5.97 Å². The van der Waals surface area contributed by atoms with Crippen molar-refractivity contribution in [3.05, 3.63) is 58.2 Å². The van der Waals surface area contributed by atoms with Crippen LogP contribution in [-0.2, 0) is 20.7 Å². The van der Waals surface area contributed by atoms with Crippen LogP contribution in [0.3, 0.4) is 0 Å². The molecule has 1 N–H and O–H groups in total. The van der Waals surface area contributed by atoms with E-state index in [-0.39, 0.29) is 12.4 Å². The number of carboxylic acids is 1. The Bertz CT molecular complexity index is 920. The summed E-state index contributed by atoms with van der Waals surface area (Å²) in [6, 6.07) is 8.02.